The second-order valence-corrected chi connectivity index (χ2v) is 11.3. The largest absolute Gasteiger partial charge is 0.756 e. The van der Waals surface area contributed by atoms with E-state index in [1.54, 1.807) is 0 Å². The van der Waals surface area contributed by atoms with Crippen molar-refractivity contribution in [1.82, 2.24) is 0 Å². The van der Waals surface area contributed by atoms with Crippen molar-refractivity contribution < 1.29 is 7.58 Å². The number of rotatable bonds is 0. The standard InChI is InChI=1S/C20H14O2.CH3.Al.ClH/c21-17-11-9-13-5-1-3-7-15(13)19(17)20-16-8-4-2-6-14(16)10-12-18(20)22;;;/h1-12,21-22H;1H3;;1H/q;;+2;/p-3. The van der Waals surface area contributed by atoms with E-state index in [1.165, 1.54) is 10.8 Å². The predicted octanol–water partition coefficient (Wildman–Crippen LogP) is 6.24. The van der Waals surface area contributed by atoms with Crippen molar-refractivity contribution in [2.24, 2.45) is 0 Å². The van der Waals surface area contributed by atoms with Gasteiger partial charge in [-0.2, -0.15) is 0 Å². The third kappa shape index (κ3) is 2.40. The Bertz CT molecular complexity index is 1050. The zero-order valence-electron chi connectivity index (χ0n) is 13.7. The Labute approximate surface area is 153 Å². The molecule has 1 heterocycles. The van der Waals surface area contributed by atoms with Crippen LogP contribution in [0.1, 0.15) is 0 Å². The molecule has 0 spiro atoms. The molecule has 4 heteroatoms. The molecule has 25 heavy (non-hydrogen) atoms. The summed E-state index contributed by atoms with van der Waals surface area (Å²) < 4.78 is 12.4. The third-order valence-corrected chi connectivity index (χ3v) is 6.59. The van der Waals surface area contributed by atoms with Crippen molar-refractivity contribution in [3.63, 3.8) is 0 Å². The summed E-state index contributed by atoms with van der Waals surface area (Å²) in [6.07, 6.45) is 0. The van der Waals surface area contributed by atoms with Crippen molar-refractivity contribution >= 4 is 44.4 Å². The number of fused-ring (bicyclic) bond motifs is 7. The molecule has 1 aliphatic heterocycles. The summed E-state index contributed by atoms with van der Waals surface area (Å²) in [7, 11) is 6.66. The maximum atomic E-state index is 6.66. The first-order chi connectivity index (χ1) is 12.1. The van der Waals surface area contributed by atoms with Crippen LogP contribution in [0.3, 0.4) is 0 Å². The van der Waals surface area contributed by atoms with Gasteiger partial charge in [-0.15, -0.1) is 5.79 Å². The van der Waals surface area contributed by atoms with Crippen molar-refractivity contribution in [2.45, 2.75) is 5.79 Å². The van der Waals surface area contributed by atoms with Crippen LogP contribution in [0.15, 0.2) is 72.8 Å². The first kappa shape index (κ1) is 15.1. The van der Waals surface area contributed by atoms with Gasteiger partial charge in [0.25, 0.3) is 0 Å². The van der Waals surface area contributed by atoms with Gasteiger partial charge in [-0.25, -0.2) is 0 Å². The van der Waals surface area contributed by atoms with E-state index in [0.29, 0.717) is 0 Å². The van der Waals surface area contributed by atoms with Crippen molar-refractivity contribution in [3.05, 3.63) is 72.8 Å². The van der Waals surface area contributed by atoms with Crippen LogP contribution in [0, 0.1) is 0 Å². The molecule has 0 N–H and O–H groups in total. The molecule has 0 fully saturated rings. The zero-order valence-corrected chi connectivity index (χ0v) is 15.6. The molecular weight excluding hydrogens is 347 g/mol. The maximum absolute atomic E-state index is 6.66. The summed E-state index contributed by atoms with van der Waals surface area (Å²) in [6, 6.07) is 24.9. The monoisotopic (exact) mass is 361 g/mol. The van der Waals surface area contributed by atoms with Crippen molar-refractivity contribution in [2.75, 3.05) is 0 Å². The smallest absolute Gasteiger partial charge is 0.743 e. The number of hydrogen-bond acceptors (Lipinski definition) is 2. The highest BCUT2D eigenvalue weighted by molar-refractivity contribution is 7.13. The van der Waals surface area contributed by atoms with Crippen LogP contribution in [0.5, 0.6) is 11.5 Å². The van der Waals surface area contributed by atoms with Crippen molar-refractivity contribution in [1.29, 1.82) is 0 Å². The number of benzene rings is 4. The minimum absolute atomic E-state index is 0.802. The van der Waals surface area contributed by atoms with Crippen LogP contribution >= 0.6 is 10.0 Å². The summed E-state index contributed by atoms with van der Waals surface area (Å²) in [5.41, 5.74) is 2.13. The SMILES string of the molecule is [CH3][Al-]1([Cl])[O]c2ccc3ccccc3c2-c2c(ccc3ccccc23)[O]1. The molecule has 122 valence electrons. The van der Waals surface area contributed by atoms with Crippen LogP contribution in [0.25, 0.3) is 32.7 Å². The Kier molecular flexibility index (Phi) is 3.27. The fourth-order valence-corrected chi connectivity index (χ4v) is 5.62. The Hall–Kier alpha value is -2.18. The molecule has 0 bridgehead atoms. The van der Waals surface area contributed by atoms with E-state index in [4.69, 9.17) is 17.6 Å². The summed E-state index contributed by atoms with van der Waals surface area (Å²) in [4.78, 5) is 0. The second kappa shape index (κ2) is 5.41. The fourth-order valence-electron chi connectivity index (χ4n) is 3.69. The molecule has 0 amide bonds. The van der Waals surface area contributed by atoms with Crippen LogP contribution in [0.2, 0.25) is 5.79 Å². The lowest BCUT2D eigenvalue weighted by molar-refractivity contribution is 0.427. The summed E-state index contributed by atoms with van der Waals surface area (Å²) in [5, 5.41) is 4.64. The molecule has 0 aliphatic carbocycles. The highest BCUT2D eigenvalue weighted by Gasteiger charge is 2.38. The van der Waals surface area contributed by atoms with Crippen LogP contribution in [0.4, 0.5) is 0 Å². The highest BCUT2D eigenvalue weighted by atomic mass is 35.6. The van der Waals surface area contributed by atoms with Gasteiger partial charge >= 0.3 is 12.8 Å². The molecule has 0 aromatic heterocycles. The lowest BCUT2D eigenvalue weighted by atomic mass is 9.92. The van der Waals surface area contributed by atoms with Gasteiger partial charge in [0.2, 0.25) is 0 Å². The molecule has 0 atom stereocenters. The first-order valence-corrected chi connectivity index (χ1v) is 12.2. The zero-order chi connectivity index (χ0) is 17.0. The molecule has 2 nitrogen and oxygen atoms in total. The van der Waals surface area contributed by atoms with Gasteiger partial charge in [-0.1, -0.05) is 60.7 Å². The van der Waals surface area contributed by atoms with Gasteiger partial charge in [0.15, 0.2) is 0 Å². The van der Waals surface area contributed by atoms with E-state index >= 15 is 0 Å². The Morgan fingerprint density at radius 2 is 1.08 bits per heavy atom. The third-order valence-electron chi connectivity index (χ3n) is 4.71. The van der Waals surface area contributed by atoms with Gasteiger partial charge < -0.3 is 17.6 Å². The van der Waals surface area contributed by atoms with E-state index in [0.717, 1.165) is 33.4 Å². The van der Waals surface area contributed by atoms with E-state index < -0.39 is 12.8 Å². The molecular formula is C21H15AlClO2-. The van der Waals surface area contributed by atoms with E-state index in [1.807, 2.05) is 17.9 Å². The summed E-state index contributed by atoms with van der Waals surface area (Å²) >= 11 is -3.16. The molecule has 4 aromatic carbocycles. The molecule has 1 aliphatic rings. The Balaban J connectivity index is 2.00. The minimum atomic E-state index is -3.16. The topological polar surface area (TPSA) is 18.5 Å². The van der Waals surface area contributed by atoms with Crippen LogP contribution in [-0.4, -0.2) is 12.8 Å². The van der Waals surface area contributed by atoms with Crippen LogP contribution in [-0.2, 0) is 0 Å². The second-order valence-electron chi connectivity index (χ2n) is 6.52. The first-order valence-electron chi connectivity index (χ1n) is 8.40. The number of halogens is 1. The Morgan fingerprint density at radius 1 is 0.640 bits per heavy atom. The highest BCUT2D eigenvalue weighted by Crippen LogP contribution is 2.48. The molecule has 0 unspecified atom stereocenters. The maximum Gasteiger partial charge on any atom is 0.743 e. The van der Waals surface area contributed by atoms with E-state index in [-0.39, 0.29) is 0 Å². The van der Waals surface area contributed by atoms with Crippen molar-refractivity contribution in [3.8, 4) is 22.6 Å². The number of hydrogen-bond donors (Lipinski definition) is 0. The normalized spacial score (nSPS) is 15.0. The fraction of sp³-hybridized carbons (Fsp3) is 0.0476. The minimum Gasteiger partial charge on any atom is -0.756 e. The summed E-state index contributed by atoms with van der Waals surface area (Å²) in [5.74, 6) is 3.49. The van der Waals surface area contributed by atoms with Gasteiger partial charge in [-0.3, -0.25) is 0 Å². The predicted molar refractivity (Wildman–Crippen MR) is 106 cm³/mol. The average Bonchev–Trinajstić information content (AvgIpc) is 2.73. The van der Waals surface area contributed by atoms with Crippen LogP contribution < -0.4 is 7.58 Å². The average molecular weight is 362 g/mol. The lowest BCUT2D eigenvalue weighted by Crippen LogP contribution is -2.38. The summed E-state index contributed by atoms with van der Waals surface area (Å²) in [6.45, 7) is 0. The quantitative estimate of drug-likeness (QED) is 0.345. The van der Waals surface area contributed by atoms with Gasteiger partial charge in [0.05, 0.1) is 11.5 Å². The van der Waals surface area contributed by atoms with Gasteiger partial charge in [0, 0.05) is 11.1 Å². The van der Waals surface area contributed by atoms with Gasteiger partial charge in [-0.05, 0) is 33.7 Å². The molecule has 5 rings (SSSR count). The Morgan fingerprint density at radius 3 is 1.56 bits per heavy atom. The molecule has 0 saturated heterocycles. The molecule has 0 saturated carbocycles. The molecule has 0 radical (unpaired) electrons. The van der Waals surface area contributed by atoms with Gasteiger partial charge in [0.1, 0.15) is 0 Å². The van der Waals surface area contributed by atoms with E-state index in [2.05, 4.69) is 60.7 Å². The molecule has 4 aromatic rings. The lowest BCUT2D eigenvalue weighted by Gasteiger charge is -2.29. The van der Waals surface area contributed by atoms with E-state index in [9.17, 15) is 0 Å².